The summed E-state index contributed by atoms with van der Waals surface area (Å²) < 4.78 is 0. The van der Waals surface area contributed by atoms with Crippen LogP contribution in [-0.4, -0.2) is 16.8 Å². The molecule has 3 nitrogen and oxygen atoms in total. The second-order valence-electron chi connectivity index (χ2n) is 3.29. The number of ketones is 1. The molecule has 1 rings (SSSR count). The number of aryl methyl sites for hydroxylation is 1. The van der Waals surface area contributed by atoms with Gasteiger partial charge in [-0.2, -0.15) is 0 Å². The van der Waals surface area contributed by atoms with E-state index in [9.17, 15) is 4.79 Å². The number of anilines is 1. The van der Waals surface area contributed by atoms with E-state index >= 15 is 0 Å². The van der Waals surface area contributed by atoms with Gasteiger partial charge in [-0.1, -0.05) is 11.3 Å². The number of hydrogen-bond acceptors (Lipinski definition) is 4. The highest BCUT2D eigenvalue weighted by Gasteiger charge is 2.11. The lowest BCUT2D eigenvalue weighted by Crippen LogP contribution is -2.08. The minimum Gasteiger partial charge on any atom is -0.359 e. The van der Waals surface area contributed by atoms with Crippen molar-refractivity contribution in [3.05, 3.63) is 10.6 Å². The van der Waals surface area contributed by atoms with E-state index in [-0.39, 0.29) is 5.78 Å². The molecule has 0 aromatic carbocycles. The Kier molecular flexibility index (Phi) is 3.03. The largest absolute Gasteiger partial charge is 0.359 e. The van der Waals surface area contributed by atoms with Gasteiger partial charge in [0.1, 0.15) is 0 Å². The van der Waals surface area contributed by atoms with Gasteiger partial charge in [0.05, 0.1) is 10.6 Å². The first kappa shape index (κ1) is 10.2. The van der Waals surface area contributed by atoms with E-state index in [1.807, 2.05) is 20.8 Å². The predicted molar refractivity (Wildman–Crippen MR) is 55.6 cm³/mol. The van der Waals surface area contributed by atoms with Gasteiger partial charge in [-0.05, 0) is 20.8 Å². The second kappa shape index (κ2) is 3.87. The molecule has 13 heavy (non-hydrogen) atoms. The Hall–Kier alpha value is -0.900. The number of aromatic nitrogens is 1. The number of thiazole rings is 1. The lowest BCUT2D eigenvalue weighted by atomic mass is 10.3. The first-order chi connectivity index (χ1) is 6.00. The van der Waals surface area contributed by atoms with E-state index in [1.54, 1.807) is 6.92 Å². The van der Waals surface area contributed by atoms with Gasteiger partial charge in [0.25, 0.3) is 0 Å². The fourth-order valence-corrected chi connectivity index (χ4v) is 2.04. The summed E-state index contributed by atoms with van der Waals surface area (Å²) in [5.41, 5.74) is 0.820. The van der Waals surface area contributed by atoms with E-state index in [1.165, 1.54) is 11.3 Å². The monoisotopic (exact) mass is 198 g/mol. The van der Waals surface area contributed by atoms with Gasteiger partial charge in [-0.25, -0.2) is 4.98 Å². The molecule has 4 heteroatoms. The summed E-state index contributed by atoms with van der Waals surface area (Å²) in [5.74, 6) is 0.0896. The number of hydrogen-bond donors (Lipinski definition) is 1. The quantitative estimate of drug-likeness (QED) is 0.759. The predicted octanol–water partition coefficient (Wildman–Crippen LogP) is 2.47. The number of nitrogens with one attached hydrogen (secondary N) is 1. The van der Waals surface area contributed by atoms with E-state index < -0.39 is 0 Å². The molecule has 72 valence electrons. The molecule has 0 bridgehead atoms. The van der Waals surface area contributed by atoms with Gasteiger partial charge < -0.3 is 5.32 Å². The molecule has 0 spiro atoms. The number of rotatable bonds is 3. The Morgan fingerprint density at radius 3 is 2.54 bits per heavy atom. The van der Waals surface area contributed by atoms with E-state index in [0.717, 1.165) is 15.7 Å². The third kappa shape index (κ3) is 2.52. The Labute approximate surface area is 82.2 Å². The molecule has 0 aliphatic heterocycles. The van der Waals surface area contributed by atoms with Crippen molar-refractivity contribution < 1.29 is 4.79 Å². The first-order valence-corrected chi connectivity index (χ1v) is 5.07. The van der Waals surface area contributed by atoms with Crippen LogP contribution in [0.2, 0.25) is 0 Å². The highest BCUT2D eigenvalue weighted by Crippen LogP contribution is 2.23. The molecule has 0 aliphatic rings. The molecular formula is C9H14N2OS. The number of carbonyl (C=O) groups is 1. The van der Waals surface area contributed by atoms with Crippen LogP contribution in [0.1, 0.15) is 36.1 Å². The summed E-state index contributed by atoms with van der Waals surface area (Å²) in [7, 11) is 0. The molecule has 0 unspecified atom stereocenters. The zero-order valence-corrected chi connectivity index (χ0v) is 9.16. The second-order valence-corrected chi connectivity index (χ2v) is 4.29. The Balaban J connectivity index is 2.89. The van der Waals surface area contributed by atoms with Crippen molar-refractivity contribution in [3.8, 4) is 0 Å². The summed E-state index contributed by atoms with van der Waals surface area (Å²) >= 11 is 1.42. The number of nitrogens with zero attached hydrogens (tertiary/aromatic N) is 1. The summed E-state index contributed by atoms with van der Waals surface area (Å²) in [5, 5.41) is 4.01. The average molecular weight is 198 g/mol. The van der Waals surface area contributed by atoms with Crippen molar-refractivity contribution in [2.24, 2.45) is 0 Å². The maximum atomic E-state index is 11.1. The van der Waals surface area contributed by atoms with Crippen LogP contribution in [0.3, 0.4) is 0 Å². The summed E-state index contributed by atoms with van der Waals surface area (Å²) in [6.07, 6.45) is 0. The van der Waals surface area contributed by atoms with Gasteiger partial charge in [0.15, 0.2) is 10.9 Å². The third-order valence-corrected chi connectivity index (χ3v) is 2.72. The van der Waals surface area contributed by atoms with Gasteiger partial charge in [-0.15, -0.1) is 0 Å². The smallest absolute Gasteiger partial charge is 0.183 e. The summed E-state index contributed by atoms with van der Waals surface area (Å²) in [4.78, 5) is 16.1. The maximum Gasteiger partial charge on any atom is 0.183 e. The zero-order chi connectivity index (χ0) is 10.0. The number of Topliss-reactive ketones (excluding diaryl/α,β-unsaturated/α-hetero) is 1. The van der Waals surface area contributed by atoms with Crippen LogP contribution in [-0.2, 0) is 0 Å². The fourth-order valence-electron chi connectivity index (χ4n) is 1.03. The van der Waals surface area contributed by atoms with Crippen molar-refractivity contribution in [2.75, 3.05) is 5.32 Å². The first-order valence-electron chi connectivity index (χ1n) is 4.25. The Morgan fingerprint density at radius 2 is 2.15 bits per heavy atom. The SMILES string of the molecule is CC(=O)c1sc(NC(C)C)nc1C. The molecule has 1 heterocycles. The molecule has 0 aliphatic carbocycles. The fraction of sp³-hybridized carbons (Fsp3) is 0.556. The van der Waals surface area contributed by atoms with Crippen molar-refractivity contribution in [3.63, 3.8) is 0 Å². The molecule has 1 aromatic heterocycles. The summed E-state index contributed by atoms with van der Waals surface area (Å²) in [6.45, 7) is 7.52. The van der Waals surface area contributed by atoms with Gasteiger partial charge in [0, 0.05) is 13.0 Å². The minimum atomic E-state index is 0.0896. The third-order valence-electron chi connectivity index (χ3n) is 1.53. The molecule has 0 saturated carbocycles. The molecule has 1 aromatic rings. The molecular weight excluding hydrogens is 184 g/mol. The Bertz CT molecular complexity index is 317. The van der Waals surface area contributed by atoms with E-state index in [0.29, 0.717) is 6.04 Å². The number of carbonyl (C=O) groups excluding carboxylic acids is 1. The normalized spacial score (nSPS) is 10.5. The van der Waals surface area contributed by atoms with Crippen LogP contribution in [0.25, 0.3) is 0 Å². The minimum absolute atomic E-state index is 0.0896. The van der Waals surface area contributed by atoms with E-state index in [4.69, 9.17) is 0 Å². The van der Waals surface area contributed by atoms with Crippen molar-refractivity contribution in [1.29, 1.82) is 0 Å². The van der Waals surface area contributed by atoms with Crippen LogP contribution in [0.5, 0.6) is 0 Å². The highest BCUT2D eigenvalue weighted by atomic mass is 32.1. The van der Waals surface area contributed by atoms with Crippen LogP contribution in [0.4, 0.5) is 5.13 Å². The highest BCUT2D eigenvalue weighted by molar-refractivity contribution is 7.17. The van der Waals surface area contributed by atoms with Crippen LogP contribution in [0.15, 0.2) is 0 Å². The maximum absolute atomic E-state index is 11.1. The van der Waals surface area contributed by atoms with Crippen molar-refractivity contribution in [2.45, 2.75) is 33.7 Å². The van der Waals surface area contributed by atoms with Crippen LogP contribution in [0, 0.1) is 6.92 Å². The van der Waals surface area contributed by atoms with Gasteiger partial charge in [-0.3, -0.25) is 4.79 Å². The van der Waals surface area contributed by atoms with Crippen molar-refractivity contribution in [1.82, 2.24) is 4.98 Å². The van der Waals surface area contributed by atoms with Crippen LogP contribution >= 0.6 is 11.3 Å². The molecule has 0 radical (unpaired) electrons. The van der Waals surface area contributed by atoms with Crippen LogP contribution < -0.4 is 5.32 Å². The molecule has 0 atom stereocenters. The average Bonchev–Trinajstić information content (AvgIpc) is 2.29. The standard InChI is InChI=1S/C9H14N2OS/c1-5(2)10-9-11-6(3)8(13-9)7(4)12/h5H,1-4H3,(H,10,11). The molecule has 0 fully saturated rings. The molecule has 0 amide bonds. The lowest BCUT2D eigenvalue weighted by molar-refractivity contribution is 0.102. The van der Waals surface area contributed by atoms with E-state index in [2.05, 4.69) is 10.3 Å². The van der Waals surface area contributed by atoms with Gasteiger partial charge >= 0.3 is 0 Å². The molecule has 0 saturated heterocycles. The molecule has 1 N–H and O–H groups in total. The van der Waals surface area contributed by atoms with Gasteiger partial charge in [0.2, 0.25) is 0 Å². The lowest BCUT2D eigenvalue weighted by Gasteiger charge is -2.03. The topological polar surface area (TPSA) is 42.0 Å². The zero-order valence-electron chi connectivity index (χ0n) is 8.34. The summed E-state index contributed by atoms with van der Waals surface area (Å²) in [6, 6.07) is 0.352. The van der Waals surface area contributed by atoms with Crippen molar-refractivity contribution >= 4 is 22.3 Å². The Morgan fingerprint density at radius 1 is 1.54 bits per heavy atom.